The molecule has 0 radical (unpaired) electrons. The minimum absolute atomic E-state index is 0.585. The Kier molecular flexibility index (Phi) is 3.42. The van der Waals surface area contributed by atoms with E-state index < -0.39 is 0 Å². The fourth-order valence-corrected chi connectivity index (χ4v) is 1.62. The van der Waals surface area contributed by atoms with Crippen molar-refractivity contribution in [3.05, 3.63) is 24.3 Å². The molecule has 17 heavy (non-hydrogen) atoms. The average molecular weight is 230 g/mol. The van der Waals surface area contributed by atoms with Gasteiger partial charge in [-0.1, -0.05) is 26.0 Å². The lowest BCUT2D eigenvalue weighted by molar-refractivity contribution is 0.687. The molecule has 1 aromatic heterocycles. The molecule has 0 bridgehead atoms. The maximum atomic E-state index is 4.46. The molecule has 2 rings (SSSR count). The highest BCUT2D eigenvalue weighted by Gasteiger charge is 2.06. The number of nitrogens with zero attached hydrogens (tertiary/aromatic N) is 2. The van der Waals surface area contributed by atoms with E-state index in [9.17, 15) is 0 Å². The summed E-state index contributed by atoms with van der Waals surface area (Å²) < 4.78 is 0. The van der Waals surface area contributed by atoms with Gasteiger partial charge in [0.1, 0.15) is 5.82 Å². The predicted octanol–water partition coefficient (Wildman–Crippen LogP) is 2.74. The molecule has 0 atom stereocenters. The molecular weight excluding hydrogens is 212 g/mol. The summed E-state index contributed by atoms with van der Waals surface area (Å²) in [6.45, 7) is 5.26. The van der Waals surface area contributed by atoms with Crippen molar-refractivity contribution in [1.29, 1.82) is 0 Å². The van der Waals surface area contributed by atoms with Crippen molar-refractivity contribution in [2.75, 3.05) is 24.2 Å². The number of hydrogen-bond donors (Lipinski definition) is 2. The van der Waals surface area contributed by atoms with Gasteiger partial charge >= 0.3 is 0 Å². The Hall–Kier alpha value is -1.84. The van der Waals surface area contributed by atoms with Crippen molar-refractivity contribution in [2.24, 2.45) is 5.92 Å². The summed E-state index contributed by atoms with van der Waals surface area (Å²) in [6.07, 6.45) is 0. The van der Waals surface area contributed by atoms with Gasteiger partial charge in [-0.25, -0.2) is 4.98 Å². The minimum Gasteiger partial charge on any atom is -0.369 e. The van der Waals surface area contributed by atoms with Gasteiger partial charge in [0.05, 0.1) is 5.52 Å². The van der Waals surface area contributed by atoms with Crippen LogP contribution in [0.2, 0.25) is 0 Å². The highest BCUT2D eigenvalue weighted by Crippen LogP contribution is 2.21. The molecule has 1 aromatic carbocycles. The summed E-state index contributed by atoms with van der Waals surface area (Å²) >= 11 is 0. The minimum atomic E-state index is 0.585. The highest BCUT2D eigenvalue weighted by atomic mass is 15.1. The van der Waals surface area contributed by atoms with Crippen LogP contribution in [0.25, 0.3) is 10.9 Å². The molecule has 0 aliphatic carbocycles. The molecule has 90 valence electrons. The van der Waals surface area contributed by atoms with Gasteiger partial charge < -0.3 is 10.6 Å². The first-order valence-electron chi connectivity index (χ1n) is 5.89. The monoisotopic (exact) mass is 230 g/mol. The van der Waals surface area contributed by atoms with Crippen LogP contribution in [0.1, 0.15) is 13.8 Å². The van der Waals surface area contributed by atoms with Crippen LogP contribution >= 0.6 is 0 Å². The third kappa shape index (κ3) is 2.64. The molecular formula is C13H18N4. The number of nitrogens with one attached hydrogen (secondary N) is 2. The van der Waals surface area contributed by atoms with E-state index >= 15 is 0 Å². The van der Waals surface area contributed by atoms with Gasteiger partial charge in [-0.05, 0) is 18.1 Å². The Morgan fingerprint density at radius 2 is 1.94 bits per heavy atom. The number of fused-ring (bicyclic) bond motifs is 1. The smallest absolute Gasteiger partial charge is 0.224 e. The van der Waals surface area contributed by atoms with E-state index in [0.717, 1.165) is 23.3 Å². The summed E-state index contributed by atoms with van der Waals surface area (Å²) in [5, 5.41) is 7.42. The third-order valence-corrected chi connectivity index (χ3v) is 2.50. The van der Waals surface area contributed by atoms with E-state index in [-0.39, 0.29) is 0 Å². The maximum Gasteiger partial charge on any atom is 0.224 e. The van der Waals surface area contributed by atoms with Gasteiger partial charge in [0.25, 0.3) is 0 Å². The van der Waals surface area contributed by atoms with Crippen LogP contribution in [0.4, 0.5) is 11.8 Å². The van der Waals surface area contributed by atoms with Crippen molar-refractivity contribution in [1.82, 2.24) is 9.97 Å². The number of aromatic nitrogens is 2. The topological polar surface area (TPSA) is 49.8 Å². The number of para-hydroxylation sites is 1. The van der Waals surface area contributed by atoms with Crippen LogP contribution in [0, 0.1) is 5.92 Å². The van der Waals surface area contributed by atoms with Gasteiger partial charge in [-0.3, -0.25) is 0 Å². The standard InChI is InChI=1S/C13H18N4/c1-9(2)8-15-12-10-6-4-5-7-11(10)16-13(14-3)17-12/h4-7,9H,8H2,1-3H3,(H2,14,15,16,17). The van der Waals surface area contributed by atoms with E-state index in [1.807, 2.05) is 31.3 Å². The number of benzene rings is 1. The molecule has 0 spiro atoms. The molecule has 0 saturated carbocycles. The molecule has 2 N–H and O–H groups in total. The molecule has 0 amide bonds. The quantitative estimate of drug-likeness (QED) is 0.848. The molecule has 0 aliphatic rings. The zero-order chi connectivity index (χ0) is 12.3. The largest absolute Gasteiger partial charge is 0.369 e. The van der Waals surface area contributed by atoms with Crippen LogP contribution in [0.5, 0.6) is 0 Å². The molecule has 1 heterocycles. The van der Waals surface area contributed by atoms with Gasteiger partial charge in [0.2, 0.25) is 5.95 Å². The second-order valence-corrected chi connectivity index (χ2v) is 4.44. The molecule has 2 aromatic rings. The first-order chi connectivity index (χ1) is 8.20. The van der Waals surface area contributed by atoms with Gasteiger partial charge in [-0.15, -0.1) is 0 Å². The SMILES string of the molecule is CNc1nc(NCC(C)C)c2ccccc2n1. The van der Waals surface area contributed by atoms with Gasteiger partial charge in [0, 0.05) is 19.0 Å². The average Bonchev–Trinajstić information content (AvgIpc) is 2.35. The lowest BCUT2D eigenvalue weighted by Crippen LogP contribution is -2.11. The lowest BCUT2D eigenvalue weighted by Gasteiger charge is -2.11. The first-order valence-corrected chi connectivity index (χ1v) is 5.89. The Morgan fingerprint density at radius 1 is 1.18 bits per heavy atom. The second-order valence-electron chi connectivity index (χ2n) is 4.44. The summed E-state index contributed by atoms with van der Waals surface area (Å²) in [4.78, 5) is 8.88. The van der Waals surface area contributed by atoms with Crippen LogP contribution in [0.3, 0.4) is 0 Å². The summed E-state index contributed by atoms with van der Waals surface area (Å²) in [5.74, 6) is 2.13. The third-order valence-electron chi connectivity index (χ3n) is 2.50. The van der Waals surface area contributed by atoms with Crippen molar-refractivity contribution < 1.29 is 0 Å². The van der Waals surface area contributed by atoms with Crippen molar-refractivity contribution >= 4 is 22.7 Å². The summed E-state index contributed by atoms with van der Waals surface area (Å²) in [6, 6.07) is 8.03. The maximum absolute atomic E-state index is 4.46. The normalized spacial score (nSPS) is 10.8. The number of hydrogen-bond acceptors (Lipinski definition) is 4. The summed E-state index contributed by atoms with van der Waals surface area (Å²) in [5.41, 5.74) is 0.957. The van der Waals surface area contributed by atoms with E-state index in [0.29, 0.717) is 11.9 Å². The van der Waals surface area contributed by atoms with Crippen LogP contribution in [0.15, 0.2) is 24.3 Å². The molecule has 0 fully saturated rings. The fraction of sp³-hybridized carbons (Fsp3) is 0.385. The molecule has 0 saturated heterocycles. The van der Waals surface area contributed by atoms with Crippen LogP contribution in [-0.2, 0) is 0 Å². The fourth-order valence-electron chi connectivity index (χ4n) is 1.62. The Bertz CT molecular complexity index is 508. The van der Waals surface area contributed by atoms with E-state index in [1.165, 1.54) is 0 Å². The Morgan fingerprint density at radius 3 is 2.65 bits per heavy atom. The zero-order valence-electron chi connectivity index (χ0n) is 10.5. The van der Waals surface area contributed by atoms with E-state index in [2.05, 4.69) is 34.4 Å². The number of rotatable bonds is 4. The molecule has 0 unspecified atom stereocenters. The molecule has 4 heteroatoms. The highest BCUT2D eigenvalue weighted by molar-refractivity contribution is 5.89. The van der Waals surface area contributed by atoms with Crippen molar-refractivity contribution in [3.63, 3.8) is 0 Å². The Labute approximate surface area is 101 Å². The zero-order valence-corrected chi connectivity index (χ0v) is 10.5. The van der Waals surface area contributed by atoms with Crippen molar-refractivity contribution in [2.45, 2.75) is 13.8 Å². The number of anilines is 2. The first kappa shape index (κ1) is 11.6. The van der Waals surface area contributed by atoms with Crippen molar-refractivity contribution in [3.8, 4) is 0 Å². The lowest BCUT2D eigenvalue weighted by atomic mass is 10.2. The second kappa shape index (κ2) is 4.99. The van der Waals surface area contributed by atoms with Gasteiger partial charge in [-0.2, -0.15) is 4.98 Å². The predicted molar refractivity (Wildman–Crippen MR) is 72.4 cm³/mol. The van der Waals surface area contributed by atoms with Crippen LogP contribution < -0.4 is 10.6 Å². The summed E-state index contributed by atoms with van der Waals surface area (Å²) in [7, 11) is 1.83. The Balaban J connectivity index is 2.43. The van der Waals surface area contributed by atoms with Crippen LogP contribution in [-0.4, -0.2) is 23.6 Å². The van der Waals surface area contributed by atoms with E-state index in [4.69, 9.17) is 0 Å². The van der Waals surface area contributed by atoms with E-state index in [1.54, 1.807) is 0 Å². The molecule has 0 aliphatic heterocycles. The van der Waals surface area contributed by atoms with Gasteiger partial charge in [0.15, 0.2) is 0 Å². The molecule has 4 nitrogen and oxygen atoms in total.